The van der Waals surface area contributed by atoms with E-state index in [-0.39, 0.29) is 10.8 Å². The first kappa shape index (κ1) is 16.6. The van der Waals surface area contributed by atoms with Gasteiger partial charge in [-0.1, -0.05) is 26.0 Å². The maximum absolute atomic E-state index is 12.7. The van der Waals surface area contributed by atoms with Crippen LogP contribution < -0.4 is 13.7 Å². The molecule has 0 aliphatic carbocycles. The van der Waals surface area contributed by atoms with Crippen molar-refractivity contribution in [2.75, 3.05) is 13.2 Å². The van der Waals surface area contributed by atoms with Gasteiger partial charge in [0.25, 0.3) is 0 Å². The molecule has 128 valence electrons. The fourth-order valence-corrected chi connectivity index (χ4v) is 3.50. The van der Waals surface area contributed by atoms with Gasteiger partial charge >= 0.3 is 10.1 Å². The fourth-order valence-electron chi connectivity index (χ4n) is 2.54. The highest BCUT2D eigenvalue weighted by Gasteiger charge is 2.23. The smallest absolute Gasteiger partial charge is 0.339 e. The van der Waals surface area contributed by atoms with E-state index in [1.165, 1.54) is 12.1 Å². The van der Waals surface area contributed by atoms with Crippen LogP contribution in [0.25, 0.3) is 0 Å². The predicted molar refractivity (Wildman–Crippen MR) is 90.5 cm³/mol. The van der Waals surface area contributed by atoms with E-state index in [0.29, 0.717) is 30.5 Å². The van der Waals surface area contributed by atoms with E-state index in [1.54, 1.807) is 12.1 Å². The van der Waals surface area contributed by atoms with Crippen LogP contribution in [0.4, 0.5) is 0 Å². The summed E-state index contributed by atoms with van der Waals surface area (Å²) in [6.07, 6.45) is 0. The molecule has 0 saturated carbocycles. The van der Waals surface area contributed by atoms with Crippen LogP contribution in [0.5, 0.6) is 17.2 Å². The minimum atomic E-state index is -3.96. The average Bonchev–Trinajstić information content (AvgIpc) is 2.53. The van der Waals surface area contributed by atoms with Crippen molar-refractivity contribution in [1.29, 1.82) is 0 Å². The molecule has 0 N–H and O–H groups in total. The van der Waals surface area contributed by atoms with Crippen molar-refractivity contribution >= 4 is 10.1 Å². The summed E-state index contributed by atoms with van der Waals surface area (Å²) in [5, 5.41) is 0. The second-order valence-corrected chi connectivity index (χ2v) is 7.59. The van der Waals surface area contributed by atoms with Crippen LogP contribution in [0.15, 0.2) is 41.3 Å². The van der Waals surface area contributed by atoms with E-state index >= 15 is 0 Å². The molecule has 24 heavy (non-hydrogen) atoms. The molecule has 1 heterocycles. The van der Waals surface area contributed by atoms with Crippen LogP contribution in [0.2, 0.25) is 0 Å². The van der Waals surface area contributed by atoms with Crippen LogP contribution in [0.1, 0.15) is 30.9 Å². The fraction of sp³-hybridized carbons (Fsp3) is 0.333. The van der Waals surface area contributed by atoms with Crippen LogP contribution in [-0.2, 0) is 10.1 Å². The summed E-state index contributed by atoms with van der Waals surface area (Å²) in [5.41, 5.74) is 1.79. The lowest BCUT2D eigenvalue weighted by Crippen LogP contribution is -2.17. The van der Waals surface area contributed by atoms with E-state index in [0.717, 1.165) is 11.1 Å². The molecule has 0 amide bonds. The van der Waals surface area contributed by atoms with Gasteiger partial charge in [-0.2, -0.15) is 8.42 Å². The number of ether oxygens (including phenoxy) is 2. The molecule has 2 aromatic rings. The second-order valence-electron chi connectivity index (χ2n) is 6.04. The normalized spacial score (nSPS) is 13.8. The molecular formula is C18H20O5S. The topological polar surface area (TPSA) is 61.8 Å². The Bertz CT molecular complexity index is 856. The maximum Gasteiger partial charge on any atom is 0.339 e. The predicted octanol–water partition coefficient (Wildman–Crippen LogP) is 3.66. The maximum atomic E-state index is 12.7. The first-order valence-corrected chi connectivity index (χ1v) is 9.22. The van der Waals surface area contributed by atoms with Crippen LogP contribution in [0, 0.1) is 6.92 Å². The summed E-state index contributed by atoms with van der Waals surface area (Å²) in [6, 6.07) is 10.1. The Hall–Kier alpha value is -2.21. The summed E-state index contributed by atoms with van der Waals surface area (Å²) < 4.78 is 41.6. The molecule has 0 aromatic heterocycles. The third-order valence-corrected chi connectivity index (χ3v) is 5.02. The molecular weight excluding hydrogens is 328 g/mol. The molecule has 0 atom stereocenters. The molecule has 0 radical (unpaired) electrons. The zero-order valence-corrected chi connectivity index (χ0v) is 14.7. The zero-order valence-electron chi connectivity index (χ0n) is 13.9. The third-order valence-electron chi connectivity index (χ3n) is 3.79. The molecule has 0 fully saturated rings. The molecule has 6 heteroatoms. The van der Waals surface area contributed by atoms with E-state index in [1.807, 2.05) is 32.9 Å². The Kier molecular flexibility index (Phi) is 4.41. The van der Waals surface area contributed by atoms with Crippen molar-refractivity contribution < 1.29 is 22.1 Å². The van der Waals surface area contributed by atoms with E-state index in [4.69, 9.17) is 13.7 Å². The van der Waals surface area contributed by atoms with Crippen molar-refractivity contribution in [3.05, 3.63) is 47.5 Å². The standard InChI is InChI=1S/C18H20O5S/c1-12(2)15-6-4-13(3)10-17(15)23-24(19,20)14-5-7-16-18(11-14)22-9-8-21-16/h4-7,10-12H,8-9H2,1-3H3. The summed E-state index contributed by atoms with van der Waals surface area (Å²) in [4.78, 5) is 0.0444. The lowest BCUT2D eigenvalue weighted by atomic mass is 10.0. The first-order valence-electron chi connectivity index (χ1n) is 7.81. The van der Waals surface area contributed by atoms with Gasteiger partial charge < -0.3 is 13.7 Å². The summed E-state index contributed by atoms with van der Waals surface area (Å²) in [6.45, 7) is 6.74. The number of rotatable bonds is 4. The van der Waals surface area contributed by atoms with Gasteiger partial charge in [-0.15, -0.1) is 0 Å². The number of benzene rings is 2. The molecule has 5 nitrogen and oxygen atoms in total. The molecule has 0 bridgehead atoms. The highest BCUT2D eigenvalue weighted by atomic mass is 32.2. The highest BCUT2D eigenvalue weighted by Crippen LogP contribution is 2.34. The largest absolute Gasteiger partial charge is 0.486 e. The first-order chi connectivity index (χ1) is 11.4. The van der Waals surface area contributed by atoms with E-state index < -0.39 is 10.1 Å². The Balaban J connectivity index is 1.96. The molecule has 1 aliphatic heterocycles. The minimum absolute atomic E-state index is 0.0444. The Morgan fingerprint density at radius 2 is 1.71 bits per heavy atom. The monoisotopic (exact) mass is 348 g/mol. The van der Waals surface area contributed by atoms with Gasteiger partial charge in [0.15, 0.2) is 11.5 Å². The van der Waals surface area contributed by atoms with E-state index in [2.05, 4.69) is 0 Å². The summed E-state index contributed by atoms with van der Waals surface area (Å²) >= 11 is 0. The number of aryl methyl sites for hydroxylation is 1. The number of fused-ring (bicyclic) bond motifs is 1. The van der Waals surface area contributed by atoms with Crippen molar-refractivity contribution in [3.8, 4) is 17.2 Å². The quantitative estimate of drug-likeness (QED) is 0.789. The zero-order chi connectivity index (χ0) is 17.3. The van der Waals surface area contributed by atoms with Gasteiger partial charge in [-0.3, -0.25) is 0 Å². The molecule has 0 spiro atoms. The van der Waals surface area contributed by atoms with Gasteiger partial charge in [0.1, 0.15) is 23.9 Å². The van der Waals surface area contributed by atoms with Gasteiger partial charge in [-0.05, 0) is 42.2 Å². The number of hydrogen-bond acceptors (Lipinski definition) is 5. The Morgan fingerprint density at radius 1 is 1.00 bits per heavy atom. The van der Waals surface area contributed by atoms with Crippen molar-refractivity contribution in [2.45, 2.75) is 31.6 Å². The van der Waals surface area contributed by atoms with Crippen LogP contribution >= 0.6 is 0 Å². The Labute approximate surface area is 142 Å². The van der Waals surface area contributed by atoms with Crippen molar-refractivity contribution in [2.24, 2.45) is 0 Å². The molecule has 3 rings (SSSR count). The molecule has 2 aromatic carbocycles. The summed E-state index contributed by atoms with van der Waals surface area (Å²) in [5.74, 6) is 1.47. The van der Waals surface area contributed by atoms with Crippen LogP contribution in [-0.4, -0.2) is 21.6 Å². The SMILES string of the molecule is Cc1ccc(C(C)C)c(OS(=O)(=O)c2ccc3c(c2)OCCO3)c1. The van der Waals surface area contributed by atoms with Crippen molar-refractivity contribution in [3.63, 3.8) is 0 Å². The average molecular weight is 348 g/mol. The lowest BCUT2D eigenvalue weighted by molar-refractivity contribution is 0.171. The minimum Gasteiger partial charge on any atom is -0.486 e. The molecule has 1 aliphatic rings. The Morgan fingerprint density at radius 3 is 2.42 bits per heavy atom. The van der Waals surface area contributed by atoms with Gasteiger partial charge in [0, 0.05) is 6.07 Å². The van der Waals surface area contributed by atoms with Gasteiger partial charge in [0.2, 0.25) is 0 Å². The van der Waals surface area contributed by atoms with Crippen molar-refractivity contribution in [1.82, 2.24) is 0 Å². The second kappa shape index (κ2) is 6.36. The molecule has 0 saturated heterocycles. The lowest BCUT2D eigenvalue weighted by Gasteiger charge is -2.19. The summed E-state index contributed by atoms with van der Waals surface area (Å²) in [7, 11) is -3.96. The van der Waals surface area contributed by atoms with Crippen LogP contribution in [0.3, 0.4) is 0 Å². The van der Waals surface area contributed by atoms with Gasteiger partial charge in [-0.25, -0.2) is 0 Å². The third kappa shape index (κ3) is 3.33. The molecule has 0 unspecified atom stereocenters. The van der Waals surface area contributed by atoms with E-state index in [9.17, 15) is 8.42 Å². The van der Waals surface area contributed by atoms with Gasteiger partial charge in [0.05, 0.1) is 0 Å². The number of hydrogen-bond donors (Lipinski definition) is 0. The highest BCUT2D eigenvalue weighted by molar-refractivity contribution is 7.87.